The summed E-state index contributed by atoms with van der Waals surface area (Å²) in [5.41, 5.74) is 0.232. The Hall–Kier alpha value is -0.0800. The molecule has 0 bridgehead atoms. The molecule has 0 aliphatic carbocycles. The molecule has 1 N–H and O–H groups in total. The van der Waals surface area contributed by atoms with Crippen LogP contribution in [0, 0.1) is 5.92 Å². The monoisotopic (exact) mass is 215 g/mol. The molecule has 0 amide bonds. The van der Waals surface area contributed by atoms with Crippen LogP contribution in [0.2, 0.25) is 0 Å². The fourth-order valence-electron chi connectivity index (χ4n) is 1.50. The Labute approximate surface area is 95.8 Å². The van der Waals surface area contributed by atoms with E-state index >= 15 is 0 Å². The molecular weight excluding hydrogens is 186 g/mol. The normalized spacial score (nSPS) is 14.2. The van der Waals surface area contributed by atoms with Crippen LogP contribution >= 0.6 is 0 Å². The van der Waals surface area contributed by atoms with E-state index in [0.717, 1.165) is 26.2 Å². The van der Waals surface area contributed by atoms with Gasteiger partial charge in [0.15, 0.2) is 0 Å². The van der Waals surface area contributed by atoms with Crippen LogP contribution in [0.5, 0.6) is 0 Å². The Morgan fingerprint density at radius 3 is 2.47 bits per heavy atom. The zero-order chi connectivity index (χ0) is 11.7. The average molecular weight is 215 g/mol. The lowest BCUT2D eigenvalue weighted by atomic mass is 10.1. The summed E-state index contributed by atoms with van der Waals surface area (Å²) in [5, 5.41) is 3.46. The van der Waals surface area contributed by atoms with E-state index in [4.69, 9.17) is 4.74 Å². The second-order valence-electron chi connectivity index (χ2n) is 5.50. The summed E-state index contributed by atoms with van der Waals surface area (Å²) >= 11 is 0. The molecule has 0 saturated heterocycles. The SMILES string of the molecule is CCCC(C)COCCCNC(C)(C)C. The molecule has 0 aromatic rings. The van der Waals surface area contributed by atoms with Crippen molar-refractivity contribution in [2.24, 2.45) is 5.92 Å². The summed E-state index contributed by atoms with van der Waals surface area (Å²) in [6, 6.07) is 0. The first-order valence-electron chi connectivity index (χ1n) is 6.28. The topological polar surface area (TPSA) is 21.3 Å². The second-order valence-corrected chi connectivity index (χ2v) is 5.50. The van der Waals surface area contributed by atoms with Crippen molar-refractivity contribution in [2.75, 3.05) is 19.8 Å². The van der Waals surface area contributed by atoms with Gasteiger partial charge in [0.1, 0.15) is 0 Å². The first-order valence-corrected chi connectivity index (χ1v) is 6.28. The zero-order valence-corrected chi connectivity index (χ0v) is 11.2. The number of hydrogen-bond donors (Lipinski definition) is 1. The van der Waals surface area contributed by atoms with E-state index in [1.54, 1.807) is 0 Å². The Balaban J connectivity index is 3.18. The summed E-state index contributed by atoms with van der Waals surface area (Å²) in [7, 11) is 0. The molecule has 92 valence electrons. The van der Waals surface area contributed by atoms with E-state index in [2.05, 4.69) is 39.9 Å². The maximum atomic E-state index is 5.62. The van der Waals surface area contributed by atoms with Gasteiger partial charge in [-0.2, -0.15) is 0 Å². The molecule has 0 rings (SSSR count). The van der Waals surface area contributed by atoms with E-state index in [1.165, 1.54) is 12.8 Å². The van der Waals surface area contributed by atoms with E-state index in [9.17, 15) is 0 Å². The maximum absolute atomic E-state index is 5.62. The quantitative estimate of drug-likeness (QED) is 0.628. The summed E-state index contributed by atoms with van der Waals surface area (Å²) < 4.78 is 5.62. The molecule has 1 unspecified atom stereocenters. The van der Waals surface area contributed by atoms with Gasteiger partial charge in [0.2, 0.25) is 0 Å². The van der Waals surface area contributed by atoms with Gasteiger partial charge in [0, 0.05) is 18.8 Å². The van der Waals surface area contributed by atoms with Gasteiger partial charge in [-0.25, -0.2) is 0 Å². The van der Waals surface area contributed by atoms with Crippen LogP contribution in [0.4, 0.5) is 0 Å². The van der Waals surface area contributed by atoms with Crippen molar-refractivity contribution in [3.63, 3.8) is 0 Å². The number of rotatable bonds is 8. The van der Waals surface area contributed by atoms with Crippen molar-refractivity contribution >= 4 is 0 Å². The highest BCUT2D eigenvalue weighted by Gasteiger charge is 2.07. The Morgan fingerprint density at radius 2 is 1.93 bits per heavy atom. The fourth-order valence-corrected chi connectivity index (χ4v) is 1.50. The number of hydrogen-bond acceptors (Lipinski definition) is 2. The van der Waals surface area contributed by atoms with Crippen LogP contribution < -0.4 is 5.32 Å². The van der Waals surface area contributed by atoms with Gasteiger partial charge in [-0.05, 0) is 46.1 Å². The molecule has 0 heterocycles. The average Bonchev–Trinajstić information content (AvgIpc) is 2.09. The molecule has 2 heteroatoms. The second kappa shape index (κ2) is 8.12. The van der Waals surface area contributed by atoms with Crippen molar-refractivity contribution in [1.82, 2.24) is 5.32 Å². The highest BCUT2D eigenvalue weighted by Crippen LogP contribution is 2.05. The molecule has 0 radical (unpaired) electrons. The van der Waals surface area contributed by atoms with Crippen molar-refractivity contribution in [2.45, 2.75) is 59.4 Å². The van der Waals surface area contributed by atoms with E-state index < -0.39 is 0 Å². The molecule has 2 nitrogen and oxygen atoms in total. The van der Waals surface area contributed by atoms with E-state index in [0.29, 0.717) is 5.92 Å². The molecule has 0 fully saturated rings. The minimum atomic E-state index is 0.232. The third-order valence-electron chi connectivity index (χ3n) is 2.30. The first-order chi connectivity index (χ1) is 6.95. The molecule has 0 aliphatic rings. The van der Waals surface area contributed by atoms with Gasteiger partial charge < -0.3 is 10.1 Å². The van der Waals surface area contributed by atoms with Crippen LogP contribution in [0.1, 0.15) is 53.9 Å². The van der Waals surface area contributed by atoms with Crippen molar-refractivity contribution in [1.29, 1.82) is 0 Å². The summed E-state index contributed by atoms with van der Waals surface area (Å²) in [4.78, 5) is 0. The molecule has 0 aliphatic heterocycles. The first kappa shape index (κ1) is 14.9. The smallest absolute Gasteiger partial charge is 0.0491 e. The van der Waals surface area contributed by atoms with E-state index in [-0.39, 0.29) is 5.54 Å². The third-order valence-corrected chi connectivity index (χ3v) is 2.30. The standard InChI is InChI=1S/C13H29NO/c1-6-8-12(2)11-15-10-7-9-14-13(3,4)5/h12,14H,6-11H2,1-5H3. The predicted molar refractivity (Wildman–Crippen MR) is 67.3 cm³/mol. The summed E-state index contributed by atoms with van der Waals surface area (Å²) in [6.45, 7) is 13.9. The maximum Gasteiger partial charge on any atom is 0.0491 e. The summed E-state index contributed by atoms with van der Waals surface area (Å²) in [6.07, 6.45) is 3.65. The van der Waals surface area contributed by atoms with Crippen molar-refractivity contribution < 1.29 is 4.74 Å². The third kappa shape index (κ3) is 11.8. The van der Waals surface area contributed by atoms with Crippen molar-refractivity contribution in [3.8, 4) is 0 Å². The number of ether oxygens (including phenoxy) is 1. The van der Waals surface area contributed by atoms with Crippen LogP contribution in [-0.2, 0) is 4.74 Å². The lowest BCUT2D eigenvalue weighted by Crippen LogP contribution is -2.36. The Kier molecular flexibility index (Phi) is 8.07. The van der Waals surface area contributed by atoms with Gasteiger partial charge in [0.05, 0.1) is 0 Å². The Bertz CT molecular complexity index is 140. The van der Waals surface area contributed by atoms with Crippen LogP contribution in [0.25, 0.3) is 0 Å². The zero-order valence-electron chi connectivity index (χ0n) is 11.2. The summed E-state index contributed by atoms with van der Waals surface area (Å²) in [5.74, 6) is 0.713. The largest absolute Gasteiger partial charge is 0.381 e. The lowest BCUT2D eigenvalue weighted by molar-refractivity contribution is 0.0987. The van der Waals surface area contributed by atoms with Gasteiger partial charge in [-0.1, -0.05) is 20.3 Å². The molecule has 1 atom stereocenters. The molecule has 15 heavy (non-hydrogen) atoms. The van der Waals surface area contributed by atoms with Crippen LogP contribution in [0.3, 0.4) is 0 Å². The van der Waals surface area contributed by atoms with Gasteiger partial charge in [-0.3, -0.25) is 0 Å². The minimum Gasteiger partial charge on any atom is -0.381 e. The van der Waals surface area contributed by atoms with Gasteiger partial charge >= 0.3 is 0 Å². The molecule has 0 saturated carbocycles. The molecular formula is C13H29NO. The van der Waals surface area contributed by atoms with E-state index in [1.807, 2.05) is 0 Å². The van der Waals surface area contributed by atoms with Gasteiger partial charge in [-0.15, -0.1) is 0 Å². The highest BCUT2D eigenvalue weighted by molar-refractivity contribution is 4.69. The fraction of sp³-hybridized carbons (Fsp3) is 1.00. The molecule has 0 aromatic carbocycles. The predicted octanol–water partition coefficient (Wildman–Crippen LogP) is 3.22. The lowest BCUT2D eigenvalue weighted by Gasteiger charge is -2.20. The Morgan fingerprint density at radius 1 is 1.27 bits per heavy atom. The van der Waals surface area contributed by atoms with Crippen LogP contribution in [-0.4, -0.2) is 25.3 Å². The van der Waals surface area contributed by atoms with Crippen molar-refractivity contribution in [3.05, 3.63) is 0 Å². The molecule has 0 aromatic heterocycles. The van der Waals surface area contributed by atoms with Gasteiger partial charge in [0.25, 0.3) is 0 Å². The number of nitrogens with one attached hydrogen (secondary N) is 1. The molecule has 0 spiro atoms. The van der Waals surface area contributed by atoms with Crippen LogP contribution in [0.15, 0.2) is 0 Å². The minimum absolute atomic E-state index is 0.232. The highest BCUT2D eigenvalue weighted by atomic mass is 16.5.